The second-order valence-electron chi connectivity index (χ2n) is 9.78. The molecule has 0 fully saturated rings. The van der Waals surface area contributed by atoms with Gasteiger partial charge in [-0.25, -0.2) is 17.8 Å². The average Bonchev–Trinajstić information content (AvgIpc) is 3.41. The fourth-order valence-electron chi connectivity index (χ4n) is 4.03. The first-order valence-electron chi connectivity index (χ1n) is 13.1. The van der Waals surface area contributed by atoms with E-state index < -0.39 is 52.5 Å². The highest BCUT2D eigenvalue weighted by atomic mass is 32.2. The zero-order valence-corrected chi connectivity index (χ0v) is 25.2. The number of ether oxygens (including phenoxy) is 1. The number of halogens is 3. The van der Waals surface area contributed by atoms with Gasteiger partial charge in [-0.05, 0) is 43.2 Å². The number of nitrogens with one attached hydrogen (secondary N) is 1. The van der Waals surface area contributed by atoms with Gasteiger partial charge in [0.25, 0.3) is 22.7 Å². The van der Waals surface area contributed by atoms with Gasteiger partial charge < -0.3 is 14.8 Å². The number of aryl methyl sites for hydroxylation is 1. The van der Waals surface area contributed by atoms with Gasteiger partial charge in [0.2, 0.25) is 5.28 Å². The number of hydrogen-bond acceptors (Lipinski definition) is 9. The van der Waals surface area contributed by atoms with Crippen LogP contribution in [0, 0.1) is 18.0 Å². The molecule has 17 heteroatoms. The molecule has 0 aliphatic rings. The van der Waals surface area contributed by atoms with E-state index in [9.17, 15) is 36.4 Å². The van der Waals surface area contributed by atoms with Gasteiger partial charge in [0, 0.05) is 12.5 Å². The molecular formula is C27H31F3N6O7S. The fourth-order valence-corrected chi connectivity index (χ4v) is 5.03. The lowest BCUT2D eigenvalue weighted by molar-refractivity contribution is -0.712. The quantitative estimate of drug-likeness (QED) is 0.0759. The normalized spacial score (nSPS) is 13.6. The Balaban J connectivity index is 1.87. The molecule has 13 nitrogen and oxygen atoms in total. The Kier molecular flexibility index (Phi) is 10.6. The van der Waals surface area contributed by atoms with E-state index in [2.05, 4.69) is 20.0 Å². The fraction of sp³-hybridized carbons (Fsp3) is 0.370. The van der Waals surface area contributed by atoms with Crippen molar-refractivity contribution in [2.45, 2.75) is 51.2 Å². The summed E-state index contributed by atoms with van der Waals surface area (Å²) in [7, 11) is -3.31. The third kappa shape index (κ3) is 8.24. The summed E-state index contributed by atoms with van der Waals surface area (Å²) in [4.78, 5) is 28.1. The number of carbonyl (C=O) groups excluding carboxylic acids is 2. The molecule has 0 aliphatic heterocycles. The molecule has 1 heterocycles. The van der Waals surface area contributed by atoms with Crippen molar-refractivity contribution in [2.24, 2.45) is 11.2 Å². The van der Waals surface area contributed by atoms with E-state index in [4.69, 9.17) is 0 Å². The van der Waals surface area contributed by atoms with E-state index in [1.54, 1.807) is 38.1 Å². The van der Waals surface area contributed by atoms with Gasteiger partial charge in [-0.2, -0.15) is 18.3 Å². The summed E-state index contributed by atoms with van der Waals surface area (Å²) in [6, 6.07) is 11.1. The van der Waals surface area contributed by atoms with Crippen LogP contribution in [0.1, 0.15) is 38.4 Å². The second kappa shape index (κ2) is 13.7. The van der Waals surface area contributed by atoms with Gasteiger partial charge >= 0.3 is 12.1 Å². The molecule has 1 aromatic heterocycles. The standard InChI is InChI=1S/C27H31F3N6O7S/c1-6-18(3)25(34(5)36(39)33-43-16-42-19(4)37)26(38)32-44(40,41)22-13-11-21(12-14-22)35-23(15-24(31-35)27(28,29)30)20-9-7-17(2)8-10-20/h7-15,18,25H,6,16H2,1-5H3,(H,32,38)/t18-,25+/m1/s1. The lowest BCUT2D eigenvalue weighted by Gasteiger charge is -2.27. The highest BCUT2D eigenvalue weighted by molar-refractivity contribution is 7.90. The summed E-state index contributed by atoms with van der Waals surface area (Å²) in [6.07, 6.45) is -4.36. The van der Waals surface area contributed by atoms with E-state index in [-0.39, 0.29) is 21.2 Å². The number of aromatic nitrogens is 2. The first kappa shape index (κ1) is 33.8. The Hall–Kier alpha value is -4.67. The number of nitrogens with zero attached hydrogens (tertiary/aromatic N) is 5. The molecule has 3 aromatic rings. The van der Waals surface area contributed by atoms with E-state index >= 15 is 0 Å². The third-order valence-corrected chi connectivity index (χ3v) is 7.90. The maximum Gasteiger partial charge on any atom is 0.435 e. The molecule has 2 aromatic carbocycles. The molecule has 3 rings (SSSR count). The van der Waals surface area contributed by atoms with E-state index in [0.717, 1.165) is 40.4 Å². The van der Waals surface area contributed by atoms with Gasteiger partial charge in [0.15, 0.2) is 11.7 Å². The molecule has 44 heavy (non-hydrogen) atoms. The Labute approximate surface area is 251 Å². The summed E-state index contributed by atoms with van der Waals surface area (Å²) in [5.41, 5.74) is 0.493. The SMILES string of the molecule is CC[C@@H](C)[C@@H](C(=O)NS(=O)(=O)c1ccc(-n2nc(C(F)(F)F)cc2-c2ccc(C)cc2)cc1)N(C)[N+]([O-])=NOCOC(C)=O. The van der Waals surface area contributed by atoms with Crippen LogP contribution in [0.5, 0.6) is 0 Å². The largest absolute Gasteiger partial charge is 0.569 e. The minimum atomic E-state index is -4.72. The summed E-state index contributed by atoms with van der Waals surface area (Å²) >= 11 is 0. The first-order chi connectivity index (χ1) is 20.5. The van der Waals surface area contributed by atoms with E-state index in [1.165, 1.54) is 19.2 Å². The lowest BCUT2D eigenvalue weighted by atomic mass is 9.98. The maximum absolute atomic E-state index is 13.5. The molecule has 0 bridgehead atoms. The van der Waals surface area contributed by atoms with Crippen LogP contribution in [0.25, 0.3) is 16.9 Å². The van der Waals surface area contributed by atoms with Crippen LogP contribution < -0.4 is 4.72 Å². The predicted molar refractivity (Wildman–Crippen MR) is 149 cm³/mol. The highest BCUT2D eigenvalue weighted by Gasteiger charge is 2.37. The van der Waals surface area contributed by atoms with Crippen molar-refractivity contribution in [3.05, 3.63) is 71.1 Å². The van der Waals surface area contributed by atoms with Gasteiger partial charge in [0.1, 0.15) is 0 Å². The molecular weight excluding hydrogens is 609 g/mol. The molecule has 1 N–H and O–H groups in total. The lowest BCUT2D eigenvalue weighted by Crippen LogP contribution is -2.52. The Bertz CT molecular complexity index is 1610. The van der Waals surface area contributed by atoms with Crippen molar-refractivity contribution in [2.75, 3.05) is 13.8 Å². The molecule has 0 aliphatic carbocycles. The highest BCUT2D eigenvalue weighted by Crippen LogP contribution is 2.33. The number of amides is 1. The molecule has 2 atom stereocenters. The zero-order chi connectivity index (χ0) is 32.8. The van der Waals surface area contributed by atoms with Gasteiger partial charge in [0.05, 0.1) is 28.3 Å². The van der Waals surface area contributed by atoms with Crippen molar-refractivity contribution in [3.8, 4) is 16.9 Å². The summed E-state index contributed by atoms with van der Waals surface area (Å²) in [6.45, 7) is 5.62. The number of esters is 1. The summed E-state index contributed by atoms with van der Waals surface area (Å²) in [5.74, 6) is -2.27. The van der Waals surface area contributed by atoms with Gasteiger partial charge in [-0.3, -0.25) is 9.59 Å². The average molecular weight is 641 g/mol. The van der Waals surface area contributed by atoms with Crippen molar-refractivity contribution in [1.29, 1.82) is 0 Å². The van der Waals surface area contributed by atoms with Crippen molar-refractivity contribution >= 4 is 21.9 Å². The minimum absolute atomic E-state index is 0.0910. The minimum Gasteiger partial charge on any atom is -0.569 e. The number of rotatable bonds is 12. The monoisotopic (exact) mass is 640 g/mol. The first-order valence-corrected chi connectivity index (χ1v) is 14.6. The molecule has 0 unspecified atom stereocenters. The van der Waals surface area contributed by atoms with Gasteiger partial charge in [-0.15, -0.1) is 5.01 Å². The molecule has 0 radical (unpaired) electrons. The molecule has 0 spiro atoms. The van der Waals surface area contributed by atoms with Crippen LogP contribution in [0.2, 0.25) is 0 Å². The van der Waals surface area contributed by atoms with Crippen LogP contribution in [0.3, 0.4) is 0 Å². The Morgan fingerprint density at radius 2 is 1.77 bits per heavy atom. The van der Waals surface area contributed by atoms with Crippen molar-refractivity contribution < 1.29 is 45.7 Å². The van der Waals surface area contributed by atoms with E-state index in [1.807, 2.05) is 11.6 Å². The number of likely N-dealkylation sites (N-methyl/N-ethyl adjacent to an activating group) is 1. The Morgan fingerprint density at radius 1 is 1.16 bits per heavy atom. The van der Waals surface area contributed by atoms with Crippen LogP contribution in [-0.4, -0.2) is 59.9 Å². The van der Waals surface area contributed by atoms with Crippen LogP contribution in [-0.2, 0) is 35.4 Å². The predicted octanol–water partition coefficient (Wildman–Crippen LogP) is 4.35. The molecule has 238 valence electrons. The number of alkyl halides is 3. The van der Waals surface area contributed by atoms with E-state index in [0.29, 0.717) is 12.0 Å². The zero-order valence-electron chi connectivity index (χ0n) is 24.4. The van der Waals surface area contributed by atoms with Crippen LogP contribution >= 0.6 is 0 Å². The number of sulfonamides is 1. The number of benzene rings is 2. The topological polar surface area (TPSA) is 158 Å². The second-order valence-corrected chi connectivity index (χ2v) is 11.5. The number of carbonyl (C=O) groups is 2. The summed E-state index contributed by atoms with van der Waals surface area (Å²) in [5, 5.41) is 20.1. The Morgan fingerprint density at radius 3 is 2.32 bits per heavy atom. The number of hydrogen-bond donors (Lipinski definition) is 1. The molecule has 0 saturated carbocycles. The molecule has 0 saturated heterocycles. The van der Waals surface area contributed by atoms with Crippen LogP contribution in [0.4, 0.5) is 13.2 Å². The third-order valence-electron chi connectivity index (χ3n) is 6.54. The van der Waals surface area contributed by atoms with Crippen molar-refractivity contribution in [1.82, 2.24) is 19.5 Å². The maximum atomic E-state index is 13.5. The van der Waals surface area contributed by atoms with Crippen molar-refractivity contribution in [3.63, 3.8) is 0 Å². The smallest absolute Gasteiger partial charge is 0.435 e. The number of hydrazine groups is 1. The van der Waals surface area contributed by atoms with Crippen LogP contribution in [0.15, 0.2) is 64.8 Å². The summed E-state index contributed by atoms with van der Waals surface area (Å²) < 4.78 is 74.3. The van der Waals surface area contributed by atoms with Gasteiger partial charge in [-0.1, -0.05) is 50.1 Å². The molecule has 1 amide bonds.